The summed E-state index contributed by atoms with van der Waals surface area (Å²) in [5, 5.41) is 7.87. The van der Waals surface area contributed by atoms with Crippen LogP contribution in [0, 0.1) is 6.92 Å². The maximum absolute atomic E-state index is 13.1. The van der Waals surface area contributed by atoms with Crippen LogP contribution in [-0.2, 0) is 4.79 Å². The summed E-state index contributed by atoms with van der Waals surface area (Å²) >= 11 is 0. The van der Waals surface area contributed by atoms with E-state index in [4.69, 9.17) is 0 Å². The van der Waals surface area contributed by atoms with Crippen molar-refractivity contribution in [2.45, 2.75) is 59.5 Å². The van der Waals surface area contributed by atoms with Gasteiger partial charge in [-0.1, -0.05) is 29.8 Å². The van der Waals surface area contributed by atoms with Crippen molar-refractivity contribution < 1.29 is 4.79 Å². The van der Waals surface area contributed by atoms with E-state index in [9.17, 15) is 4.79 Å². The van der Waals surface area contributed by atoms with Gasteiger partial charge in [0.2, 0.25) is 5.91 Å². The van der Waals surface area contributed by atoms with E-state index in [1.807, 2.05) is 36.2 Å². The van der Waals surface area contributed by atoms with Crippen molar-refractivity contribution >= 4 is 11.5 Å². The predicted molar refractivity (Wildman–Crippen MR) is 124 cm³/mol. The average molecular weight is 407 g/mol. The van der Waals surface area contributed by atoms with Gasteiger partial charge in [0.15, 0.2) is 0 Å². The number of hydrogen-bond donors (Lipinski definition) is 1. The molecule has 0 atom stereocenters. The molecule has 1 aromatic heterocycles. The van der Waals surface area contributed by atoms with Crippen LogP contribution >= 0.6 is 0 Å². The first-order chi connectivity index (χ1) is 14.4. The molecule has 0 unspecified atom stereocenters. The summed E-state index contributed by atoms with van der Waals surface area (Å²) in [7, 11) is 0. The fourth-order valence-electron chi connectivity index (χ4n) is 3.89. The highest BCUT2D eigenvalue weighted by Gasteiger charge is 2.27. The van der Waals surface area contributed by atoms with Gasteiger partial charge in [-0.05, 0) is 78.3 Å². The quantitative estimate of drug-likeness (QED) is 0.567. The topological polar surface area (TPSA) is 50.2 Å². The molecule has 160 valence electrons. The fraction of sp³-hybridized carbons (Fsp3) is 0.440. The van der Waals surface area contributed by atoms with E-state index in [-0.39, 0.29) is 11.9 Å². The molecule has 1 amide bonds. The van der Waals surface area contributed by atoms with Crippen LogP contribution in [0.4, 0.5) is 0 Å². The molecule has 0 bridgehead atoms. The minimum atomic E-state index is 0.135. The van der Waals surface area contributed by atoms with Crippen LogP contribution in [0.5, 0.6) is 0 Å². The van der Waals surface area contributed by atoms with Gasteiger partial charge in [-0.2, -0.15) is 5.10 Å². The normalized spacial score (nSPS) is 16.2. The van der Waals surface area contributed by atoms with E-state index in [1.54, 1.807) is 0 Å². The number of benzene rings is 1. The number of carbonyl (C=O) groups is 1. The van der Waals surface area contributed by atoms with Crippen LogP contribution in [0.1, 0.15) is 51.7 Å². The third-order valence-corrected chi connectivity index (χ3v) is 5.75. The van der Waals surface area contributed by atoms with E-state index in [1.165, 1.54) is 5.56 Å². The molecule has 1 aromatic carbocycles. The molecule has 1 saturated heterocycles. The van der Waals surface area contributed by atoms with Crippen LogP contribution < -0.4 is 5.32 Å². The van der Waals surface area contributed by atoms with Gasteiger partial charge in [-0.15, -0.1) is 0 Å². The van der Waals surface area contributed by atoms with Gasteiger partial charge in [-0.3, -0.25) is 4.79 Å². The summed E-state index contributed by atoms with van der Waals surface area (Å²) in [6.45, 7) is 12.2. The molecule has 0 saturated carbocycles. The number of allylic oxidation sites excluding steroid dienone is 3. The van der Waals surface area contributed by atoms with Crippen molar-refractivity contribution in [1.82, 2.24) is 20.0 Å². The first-order valence-corrected chi connectivity index (χ1v) is 10.9. The third-order valence-electron chi connectivity index (χ3n) is 5.75. The van der Waals surface area contributed by atoms with E-state index in [2.05, 4.69) is 67.3 Å². The highest BCUT2D eigenvalue weighted by atomic mass is 16.2. The second-order valence-corrected chi connectivity index (χ2v) is 8.50. The molecule has 0 aliphatic carbocycles. The lowest BCUT2D eigenvalue weighted by molar-refractivity contribution is -0.131. The number of nitrogens with one attached hydrogen (secondary N) is 1. The summed E-state index contributed by atoms with van der Waals surface area (Å²) in [5.74, 6) is 0.135. The van der Waals surface area contributed by atoms with Crippen LogP contribution in [0.25, 0.3) is 11.3 Å². The second-order valence-electron chi connectivity index (χ2n) is 8.50. The number of hydrogen-bond acceptors (Lipinski definition) is 3. The fourth-order valence-corrected chi connectivity index (χ4v) is 3.89. The molecule has 2 heterocycles. The van der Waals surface area contributed by atoms with Gasteiger partial charge in [0.05, 0.1) is 11.9 Å². The lowest BCUT2D eigenvalue weighted by Crippen LogP contribution is -2.49. The van der Waals surface area contributed by atoms with Crippen LogP contribution in [0.3, 0.4) is 0 Å². The number of rotatable bonds is 6. The molecule has 30 heavy (non-hydrogen) atoms. The molecule has 0 radical (unpaired) electrons. The minimum absolute atomic E-state index is 0.135. The smallest absolute Gasteiger partial charge is 0.249 e. The Kier molecular flexibility index (Phi) is 7.27. The maximum atomic E-state index is 13.1. The molecular formula is C25H34N4O. The zero-order chi connectivity index (χ0) is 21.7. The Morgan fingerprint density at radius 1 is 1.17 bits per heavy atom. The Morgan fingerprint density at radius 2 is 1.83 bits per heavy atom. The van der Waals surface area contributed by atoms with Crippen molar-refractivity contribution in [3.63, 3.8) is 0 Å². The second kappa shape index (κ2) is 9.90. The predicted octanol–water partition coefficient (Wildman–Crippen LogP) is 4.52. The van der Waals surface area contributed by atoms with Crippen molar-refractivity contribution in [3.05, 3.63) is 65.5 Å². The first kappa shape index (κ1) is 22.0. The first-order valence-electron chi connectivity index (χ1n) is 10.9. The average Bonchev–Trinajstić information content (AvgIpc) is 3.23. The molecule has 2 aromatic rings. The summed E-state index contributed by atoms with van der Waals surface area (Å²) in [4.78, 5) is 15.2. The maximum Gasteiger partial charge on any atom is 0.249 e. The highest BCUT2D eigenvalue weighted by Crippen LogP contribution is 2.20. The van der Waals surface area contributed by atoms with Gasteiger partial charge in [0.1, 0.15) is 0 Å². The molecule has 1 aliphatic heterocycles. The lowest BCUT2D eigenvalue weighted by Gasteiger charge is -2.37. The largest absolute Gasteiger partial charge is 0.333 e. The zero-order valence-corrected chi connectivity index (χ0v) is 18.9. The Labute approximate surface area is 180 Å². The van der Waals surface area contributed by atoms with Crippen molar-refractivity contribution in [2.24, 2.45) is 0 Å². The number of carbonyl (C=O) groups excluding carboxylic acids is 1. The highest BCUT2D eigenvalue weighted by molar-refractivity contribution is 5.93. The van der Waals surface area contributed by atoms with E-state index in [0.717, 1.165) is 48.3 Å². The van der Waals surface area contributed by atoms with E-state index in [0.29, 0.717) is 6.04 Å². The van der Waals surface area contributed by atoms with Gasteiger partial charge >= 0.3 is 0 Å². The Hall–Kier alpha value is -2.66. The summed E-state index contributed by atoms with van der Waals surface area (Å²) < 4.78 is 1.88. The molecule has 5 nitrogen and oxygen atoms in total. The lowest BCUT2D eigenvalue weighted by atomic mass is 10.0. The molecule has 1 fully saturated rings. The van der Waals surface area contributed by atoms with Gasteiger partial charge < -0.3 is 10.2 Å². The summed E-state index contributed by atoms with van der Waals surface area (Å²) in [6, 6.07) is 8.81. The molecule has 0 spiro atoms. The number of aromatic nitrogens is 2. The molecule has 3 rings (SSSR count). The van der Waals surface area contributed by atoms with Crippen molar-refractivity contribution in [2.75, 3.05) is 13.1 Å². The number of aryl methyl sites for hydroxylation is 1. The van der Waals surface area contributed by atoms with Gasteiger partial charge in [0, 0.05) is 29.4 Å². The summed E-state index contributed by atoms with van der Waals surface area (Å²) in [5.41, 5.74) is 5.17. The molecule has 1 aliphatic rings. The number of nitrogens with zero attached hydrogens (tertiary/aromatic N) is 3. The van der Waals surface area contributed by atoms with E-state index < -0.39 is 0 Å². The zero-order valence-electron chi connectivity index (χ0n) is 18.9. The van der Waals surface area contributed by atoms with Crippen LogP contribution in [-0.4, -0.2) is 45.8 Å². The minimum Gasteiger partial charge on any atom is -0.333 e. The van der Waals surface area contributed by atoms with Gasteiger partial charge in [-0.25, -0.2) is 4.68 Å². The van der Waals surface area contributed by atoms with Crippen LogP contribution in [0.2, 0.25) is 0 Å². The van der Waals surface area contributed by atoms with Gasteiger partial charge in [0.25, 0.3) is 0 Å². The number of amides is 1. The molecule has 5 heteroatoms. The van der Waals surface area contributed by atoms with E-state index >= 15 is 0 Å². The van der Waals surface area contributed by atoms with Crippen molar-refractivity contribution in [3.8, 4) is 5.69 Å². The molecule has 1 N–H and O–H groups in total. The molecular weight excluding hydrogens is 372 g/mol. The summed E-state index contributed by atoms with van der Waals surface area (Å²) in [6.07, 6.45) is 9.89. The third kappa shape index (κ3) is 5.28. The SMILES string of the molecule is C/C(=C\C=C(/C)c1cnn(-c2ccc(C)cc2)c1)C(=O)N(C(C)C)C1CCNCC1. The Morgan fingerprint density at radius 3 is 2.47 bits per heavy atom. The standard InChI is InChI=1S/C25H34N4O/c1-18(2)29(24-12-14-26-15-13-24)25(30)21(5)9-8-20(4)22-16-27-28(17-22)23-10-6-19(3)7-11-23/h6-11,16-18,24,26H,12-15H2,1-5H3/b20-8+,21-9+. The Balaban J connectivity index is 1.73. The van der Waals surface area contributed by atoms with Crippen molar-refractivity contribution in [1.29, 1.82) is 0 Å². The monoisotopic (exact) mass is 406 g/mol. The number of piperidine rings is 1. The Bertz CT molecular complexity index is 915. The van der Waals surface area contributed by atoms with Crippen LogP contribution in [0.15, 0.2) is 54.4 Å².